The molecular weight excluding hydrogens is 573 g/mol. The van der Waals surface area contributed by atoms with Crippen LogP contribution in [0.3, 0.4) is 0 Å². The fraction of sp³-hybridized carbons (Fsp3) is 0. The van der Waals surface area contributed by atoms with E-state index < -0.39 is 37.3 Å². The Morgan fingerprint density at radius 3 is 2.00 bits per heavy atom. The van der Waals surface area contributed by atoms with Crippen molar-refractivity contribution in [3.63, 3.8) is 0 Å². The molecule has 1 aromatic carbocycles. The molecule has 0 aliphatic rings. The summed E-state index contributed by atoms with van der Waals surface area (Å²) in [5.74, 6) is -2.74. The van der Waals surface area contributed by atoms with Gasteiger partial charge in [0.25, 0.3) is 0 Å². The van der Waals surface area contributed by atoms with Crippen LogP contribution in [0.25, 0.3) is 0 Å². The van der Waals surface area contributed by atoms with Gasteiger partial charge in [0.2, 0.25) is 0 Å². The van der Waals surface area contributed by atoms with Crippen LogP contribution in [0.15, 0.2) is 6.07 Å². The number of hydrogen-bond acceptors (Lipinski definition) is 4. The van der Waals surface area contributed by atoms with E-state index in [4.69, 9.17) is 10.2 Å². The van der Waals surface area contributed by atoms with Crippen molar-refractivity contribution in [2.45, 2.75) is 0 Å². The summed E-state index contributed by atoms with van der Waals surface area (Å²) < 4.78 is 22.0. The van der Waals surface area contributed by atoms with Crippen LogP contribution in [0.1, 0.15) is 20.7 Å². The Kier molecular flexibility index (Phi) is 5.06. The van der Waals surface area contributed by atoms with E-state index in [1.54, 1.807) is 22.6 Å². The first-order valence-corrected chi connectivity index (χ1v) is 8.81. The normalized spacial score (nSPS) is 10.5. The molecule has 6 nitrogen and oxygen atoms in total. The minimum Gasteiger partial charge on any atom is -0.478 e. The van der Waals surface area contributed by atoms with Crippen LogP contribution in [-0.4, -0.2) is 22.2 Å². The van der Waals surface area contributed by atoms with Gasteiger partial charge in [-0.05, 0) is 51.2 Å². The Hall–Kier alpha value is -0.0500. The summed E-state index contributed by atoms with van der Waals surface area (Å²) in [6, 6.07) is 1.16. The van der Waals surface area contributed by atoms with E-state index in [9.17, 15) is 15.7 Å². The average Bonchev–Trinajstić information content (AvgIpc) is 2.18. The van der Waals surface area contributed by atoms with Gasteiger partial charge in [0, 0.05) is 7.14 Å². The summed E-state index contributed by atoms with van der Waals surface area (Å²) in [6.07, 6.45) is 0. The van der Waals surface area contributed by atoms with Gasteiger partial charge in [0.05, 0.1) is 11.1 Å². The molecule has 17 heavy (non-hydrogen) atoms. The molecule has 0 spiro atoms. The van der Waals surface area contributed by atoms with Gasteiger partial charge in [-0.2, -0.15) is 0 Å². The first-order valence-electron chi connectivity index (χ1n) is 3.81. The van der Waals surface area contributed by atoms with Crippen molar-refractivity contribution >= 4 is 76.9 Å². The SMILES string of the molecule is O=C(O)c1cc(I)c(I(=O)=O)c(C(=O)O)c1I. The van der Waals surface area contributed by atoms with Gasteiger partial charge >= 0.3 is 31.7 Å². The van der Waals surface area contributed by atoms with Crippen LogP contribution >= 0.6 is 65.0 Å². The van der Waals surface area contributed by atoms with E-state index in [0.717, 1.165) is 6.07 Å². The quantitative estimate of drug-likeness (QED) is 0.424. The first-order chi connectivity index (χ1) is 7.77. The number of rotatable bonds is 3. The predicted molar refractivity (Wildman–Crippen MR) is 79.9 cm³/mol. The number of halogens is 3. The third kappa shape index (κ3) is 3.04. The van der Waals surface area contributed by atoms with Gasteiger partial charge in [-0.25, -0.2) is 15.7 Å². The highest BCUT2D eigenvalue weighted by molar-refractivity contribution is 14.2. The molecule has 0 amide bonds. The van der Waals surface area contributed by atoms with Crippen LogP contribution < -0.4 is 0 Å². The third-order valence-corrected chi connectivity index (χ3v) is 6.76. The lowest BCUT2D eigenvalue weighted by atomic mass is 10.1. The molecule has 9 heteroatoms. The second-order valence-electron chi connectivity index (χ2n) is 2.74. The molecule has 92 valence electrons. The third-order valence-electron chi connectivity index (χ3n) is 1.75. The second kappa shape index (κ2) is 5.73. The van der Waals surface area contributed by atoms with Crippen molar-refractivity contribution in [1.82, 2.24) is 0 Å². The highest BCUT2D eigenvalue weighted by Crippen LogP contribution is 2.32. The molecular formula is C8H3I3O6. The van der Waals surface area contributed by atoms with E-state index >= 15 is 0 Å². The van der Waals surface area contributed by atoms with Crippen LogP contribution in [-0.2, 0) is 6.14 Å². The van der Waals surface area contributed by atoms with Crippen LogP contribution in [0, 0.1) is 10.7 Å². The molecule has 2 N–H and O–H groups in total. The maximum Gasteiger partial charge on any atom is 0.342 e. The van der Waals surface area contributed by atoms with E-state index in [1.807, 2.05) is 0 Å². The van der Waals surface area contributed by atoms with Gasteiger partial charge < -0.3 is 10.2 Å². The zero-order chi connectivity index (χ0) is 13.3. The maximum absolute atomic E-state index is 11.1. The van der Waals surface area contributed by atoms with Crippen molar-refractivity contribution < 1.29 is 25.9 Å². The lowest BCUT2D eigenvalue weighted by molar-refractivity contribution is 0.0694. The average molecular weight is 576 g/mol. The smallest absolute Gasteiger partial charge is 0.342 e. The number of carboxylic acid groups (broad SMARTS) is 2. The molecule has 0 aliphatic heterocycles. The fourth-order valence-electron chi connectivity index (χ4n) is 1.10. The number of carbonyl (C=O) groups is 2. The van der Waals surface area contributed by atoms with Gasteiger partial charge in [-0.1, -0.05) is 0 Å². The lowest BCUT2D eigenvalue weighted by Gasteiger charge is -2.07. The van der Waals surface area contributed by atoms with E-state index in [0.29, 0.717) is 0 Å². The maximum atomic E-state index is 11.1. The van der Waals surface area contributed by atoms with Crippen molar-refractivity contribution in [3.8, 4) is 0 Å². The van der Waals surface area contributed by atoms with Gasteiger partial charge in [0.1, 0.15) is 3.57 Å². The molecule has 0 bridgehead atoms. The zero-order valence-corrected chi connectivity index (χ0v) is 14.2. The monoisotopic (exact) mass is 576 g/mol. The van der Waals surface area contributed by atoms with Crippen LogP contribution in [0.2, 0.25) is 0 Å². The van der Waals surface area contributed by atoms with Crippen molar-refractivity contribution in [3.05, 3.63) is 27.9 Å². The summed E-state index contributed by atoms with van der Waals surface area (Å²) in [6.45, 7) is 0. The molecule has 0 fully saturated rings. The summed E-state index contributed by atoms with van der Waals surface area (Å²) >= 11 is -0.855. The lowest BCUT2D eigenvalue weighted by Crippen LogP contribution is -2.11. The predicted octanol–water partition coefficient (Wildman–Crippen LogP) is 2.66. The highest BCUT2D eigenvalue weighted by Gasteiger charge is 2.26. The van der Waals surface area contributed by atoms with Gasteiger partial charge in [-0.15, -0.1) is 0 Å². The number of carboxylic acids is 2. The topological polar surface area (TPSA) is 109 Å². The Bertz CT molecular complexity index is 581. The number of hydrogen-bond donors (Lipinski definition) is 2. The standard InChI is InChI=1S/C8H3I3O6/c9-3-1-2(7(12)13)5(10)4(8(14)15)6(3)11(16)17/h1H,(H,12,13)(H,14,15). The molecule has 0 heterocycles. The highest BCUT2D eigenvalue weighted by atomic mass is 127. The summed E-state index contributed by atoms with van der Waals surface area (Å²) in [5.41, 5.74) is -0.668. The van der Waals surface area contributed by atoms with Gasteiger partial charge in [0.15, 0.2) is 0 Å². The molecule has 0 radical (unpaired) electrons. The Balaban J connectivity index is 3.84. The van der Waals surface area contributed by atoms with E-state index in [2.05, 4.69) is 0 Å². The number of aromatic carboxylic acids is 2. The minimum absolute atomic E-state index is 0.0768. The first kappa shape index (κ1) is 15.0. The zero-order valence-electron chi connectivity index (χ0n) is 7.74. The minimum atomic E-state index is -4.00. The van der Waals surface area contributed by atoms with Crippen molar-refractivity contribution in [2.24, 2.45) is 0 Å². The van der Waals surface area contributed by atoms with Crippen molar-refractivity contribution in [2.75, 3.05) is 0 Å². The van der Waals surface area contributed by atoms with Gasteiger partial charge in [-0.3, -0.25) is 0 Å². The number of benzene rings is 1. The Morgan fingerprint density at radius 2 is 1.65 bits per heavy atom. The van der Waals surface area contributed by atoms with Crippen LogP contribution in [0.4, 0.5) is 0 Å². The Labute approximate surface area is 129 Å². The molecule has 0 saturated carbocycles. The molecule has 0 atom stereocenters. The molecule has 1 rings (SSSR count). The summed E-state index contributed by atoms with van der Waals surface area (Å²) in [7, 11) is 0. The molecule has 1 aromatic rings. The largest absolute Gasteiger partial charge is 0.478 e. The molecule has 0 aliphatic carbocycles. The van der Waals surface area contributed by atoms with Crippen LogP contribution in [0.5, 0.6) is 0 Å². The summed E-state index contributed by atoms with van der Waals surface area (Å²) in [5, 5.41) is 17.9. The summed E-state index contributed by atoms with van der Waals surface area (Å²) in [4.78, 5) is 21.9. The molecule has 0 aromatic heterocycles. The fourth-order valence-corrected chi connectivity index (χ4v) is 5.72. The Morgan fingerprint density at radius 1 is 1.12 bits per heavy atom. The molecule has 0 saturated heterocycles. The van der Waals surface area contributed by atoms with E-state index in [1.165, 1.54) is 22.6 Å². The second-order valence-corrected chi connectivity index (χ2v) is 7.30. The molecule has 0 unspecified atom stereocenters. The van der Waals surface area contributed by atoms with E-state index in [-0.39, 0.29) is 16.3 Å². The van der Waals surface area contributed by atoms with Crippen molar-refractivity contribution in [1.29, 1.82) is 0 Å².